The van der Waals surface area contributed by atoms with E-state index in [2.05, 4.69) is 228 Å². The van der Waals surface area contributed by atoms with E-state index in [1.807, 2.05) is 20.0 Å². The maximum atomic E-state index is 12.8. The monoisotopic (exact) mass is 1720 g/mol. The molecule has 101 heavy (non-hydrogen) atoms. The van der Waals surface area contributed by atoms with E-state index in [9.17, 15) is 9.59 Å². The van der Waals surface area contributed by atoms with Crippen LogP contribution in [0.4, 0.5) is 0 Å². The third-order valence-electron chi connectivity index (χ3n) is 21.4. The van der Waals surface area contributed by atoms with Crippen LogP contribution in [0.3, 0.4) is 0 Å². The van der Waals surface area contributed by atoms with Gasteiger partial charge in [-0.05, 0) is 0 Å². The van der Waals surface area contributed by atoms with Crippen molar-refractivity contribution in [1.82, 2.24) is 29.2 Å². The van der Waals surface area contributed by atoms with E-state index in [-0.39, 0.29) is 34.2 Å². The summed E-state index contributed by atoms with van der Waals surface area (Å²) in [6, 6.07) is 27.3. The Morgan fingerprint density at radius 3 is 1.32 bits per heavy atom. The number of nitrogens with one attached hydrogen (secondary N) is 2. The molecule has 1 saturated heterocycles. The van der Waals surface area contributed by atoms with Crippen LogP contribution in [0, 0.1) is 22.3 Å². The molecule has 3 aromatic carbocycles. The van der Waals surface area contributed by atoms with E-state index in [4.69, 9.17) is 4.74 Å². The summed E-state index contributed by atoms with van der Waals surface area (Å²) < 4.78 is 37.0. The Morgan fingerprint density at radius 1 is 0.455 bits per heavy atom. The van der Waals surface area contributed by atoms with Crippen molar-refractivity contribution in [3.8, 4) is 0 Å². The first kappa shape index (κ1) is 93.6. The van der Waals surface area contributed by atoms with Gasteiger partial charge in [0.05, 0.1) is 0 Å². The Balaban J connectivity index is 0.000000508. The summed E-state index contributed by atoms with van der Waals surface area (Å²) in [7, 11) is 2.04. The molecule has 0 spiro atoms. The van der Waals surface area contributed by atoms with Gasteiger partial charge in [0.1, 0.15) is 0 Å². The quantitative estimate of drug-likeness (QED) is 0.0130. The van der Waals surface area contributed by atoms with E-state index < -0.39 is 55.1 Å². The Hall–Kier alpha value is -3.45. The fourth-order valence-electron chi connectivity index (χ4n) is 15.1. The zero-order valence-corrected chi connectivity index (χ0v) is 75.9. The number of likely N-dealkylation sites (tertiary alicyclic amines) is 1. The average molecular weight is 1720 g/mol. The molecule has 0 atom stereocenters. The molecule has 1 fully saturated rings. The van der Waals surface area contributed by atoms with Crippen molar-refractivity contribution in [3.63, 3.8) is 0 Å². The zero-order valence-electron chi connectivity index (χ0n) is 67.4. The Kier molecular flexibility index (Phi) is 51.0. The van der Waals surface area contributed by atoms with Gasteiger partial charge in [0.2, 0.25) is 0 Å². The molecule has 12 nitrogen and oxygen atoms in total. The van der Waals surface area contributed by atoms with Crippen LogP contribution in [0.25, 0.3) is 0 Å². The number of carbonyl (C=O) groups is 2. The average Bonchev–Trinajstić information content (AvgIpc) is 1.54. The van der Waals surface area contributed by atoms with Gasteiger partial charge < -0.3 is 22.3 Å². The number of hydrogen-bond donors (Lipinski definition) is 2. The van der Waals surface area contributed by atoms with E-state index in [0.29, 0.717) is 6.61 Å². The topological polar surface area (TPSA) is 97.1 Å². The van der Waals surface area contributed by atoms with Crippen LogP contribution in [-0.2, 0) is 48.6 Å². The SMILES string of the molecule is CCC[CH2][Sn]([CH2]CCC)([CH2]CCCCC[n+]1ccn(CC)c1)[c]1ccc(CNC)cc1.CCC[CH2][Sn]([CH2]CCC)([CH2]CCCCC[n+]1ccn(CC)c1)[c]1cccc(C(=O)OCC)c1.CCC[CH2][Sn]([CH2]CCC)([CH2][n+]1ccn(CC)c1)[c]1ccc(C(=O)NCCN2CCCCC2)cc1.[CH3-].[CH3-].[CH3-]. The van der Waals surface area contributed by atoms with Gasteiger partial charge in [-0.3, -0.25) is 0 Å². The van der Waals surface area contributed by atoms with Gasteiger partial charge in [-0.2, -0.15) is 0 Å². The van der Waals surface area contributed by atoms with Gasteiger partial charge in [0.15, 0.2) is 0 Å². The molecule has 570 valence electrons. The number of unbranched alkanes of at least 4 members (excludes halogenated alkanes) is 12. The molecular formula is C86H151N9O3Sn3. The van der Waals surface area contributed by atoms with Crippen molar-refractivity contribution in [2.45, 2.75) is 296 Å². The summed E-state index contributed by atoms with van der Waals surface area (Å²) in [5.74, 6) is -0.0965. The third-order valence-corrected chi connectivity index (χ3v) is 67.3. The predicted molar refractivity (Wildman–Crippen MR) is 442 cm³/mol. The van der Waals surface area contributed by atoms with Crippen LogP contribution in [0.15, 0.2) is 129 Å². The number of hydrogen-bond acceptors (Lipinski definition) is 5. The first-order valence-corrected chi connectivity index (χ1v) is 62.6. The third kappa shape index (κ3) is 33.5. The van der Waals surface area contributed by atoms with Crippen molar-refractivity contribution >= 4 is 77.7 Å². The second-order valence-corrected chi connectivity index (χ2v) is 68.1. The van der Waals surface area contributed by atoms with Crippen molar-refractivity contribution < 1.29 is 28.0 Å². The molecule has 2 N–H and O–H groups in total. The molecule has 0 aliphatic carbocycles. The predicted octanol–water partition coefficient (Wildman–Crippen LogP) is 18.4. The standard InChI is InChI=1S/C14H19N2O.2C11H20N2.C9H9O2.C8H10N.C6H10N2.6C4H9.3CH3.3Sn/c17-14(13-7-3-1-4-8-13)15-9-12-16-10-5-2-6-11-16;2*1-3-5-6-7-8-13-10-9-12(4-2)11-13;1-2-11-9(10)8-6-4-3-5-7-8;1-9-7-8-5-3-2-4-6-8;1-3-8-5-4-7(2)6-8;6*1-3-4-2;;;;;;/h3-4,7-8H,2,5-6,9-12H2,(H,15,17);2*9-11H,1,3-8H2,2H3;3-4,6-7H,2H2,1H3;3-6,9H,7H2,1H3;4-6H,2-3H2,1H3;6*1,3-4H2,2H3;3*1H3;;;/q;2*+1;;;+1;;;;;;;3*-1;;;. The first-order chi connectivity index (χ1) is 47.8. The number of aromatic nitrogens is 6. The Labute approximate surface area is 633 Å². The second-order valence-electron chi connectivity index (χ2n) is 28.9. The van der Waals surface area contributed by atoms with Gasteiger partial charge in [-0.25, -0.2) is 0 Å². The molecule has 0 unspecified atom stereocenters. The summed E-state index contributed by atoms with van der Waals surface area (Å²) in [5, 5.41) is 6.45. The smallest absolute Gasteiger partial charge is 0.358 e. The van der Waals surface area contributed by atoms with Gasteiger partial charge in [0, 0.05) is 0 Å². The summed E-state index contributed by atoms with van der Waals surface area (Å²) in [5.41, 5.74) is 2.98. The molecule has 7 rings (SSSR count). The Morgan fingerprint density at radius 2 is 0.871 bits per heavy atom. The van der Waals surface area contributed by atoms with Crippen LogP contribution in [-0.4, -0.2) is 125 Å². The maximum absolute atomic E-state index is 12.8. The zero-order chi connectivity index (χ0) is 70.5. The van der Waals surface area contributed by atoms with E-state index in [1.165, 1.54) is 200 Å². The summed E-state index contributed by atoms with van der Waals surface area (Å²) in [6.07, 6.45) is 50.5. The molecule has 6 aromatic rings. The van der Waals surface area contributed by atoms with Gasteiger partial charge in [0.25, 0.3) is 0 Å². The van der Waals surface area contributed by atoms with Crippen LogP contribution < -0.4 is 35.1 Å². The van der Waals surface area contributed by atoms with Gasteiger partial charge in [-0.15, -0.1) is 0 Å². The molecule has 0 bridgehead atoms. The number of ether oxygens (including phenoxy) is 1. The van der Waals surface area contributed by atoms with Crippen molar-refractivity contribution in [1.29, 1.82) is 0 Å². The number of esters is 1. The minimum Gasteiger partial charge on any atom is -0.358 e. The molecule has 0 radical (unpaired) electrons. The molecule has 3 aromatic heterocycles. The molecule has 0 saturated carbocycles. The van der Waals surface area contributed by atoms with Gasteiger partial charge >= 0.3 is 617 Å². The van der Waals surface area contributed by atoms with Crippen molar-refractivity contribution in [2.24, 2.45) is 0 Å². The van der Waals surface area contributed by atoms with Crippen LogP contribution in [0.1, 0.15) is 243 Å². The molecule has 15 heteroatoms. The van der Waals surface area contributed by atoms with Crippen LogP contribution >= 0.6 is 0 Å². The van der Waals surface area contributed by atoms with Gasteiger partial charge in [-0.1, -0.05) is 0 Å². The maximum Gasteiger partial charge on any atom is -0.358 e. The molecular weight excluding hydrogens is 1560 g/mol. The normalized spacial score (nSPS) is 12.5. The summed E-state index contributed by atoms with van der Waals surface area (Å²) in [6.45, 7) is 33.3. The molecule has 1 aliphatic rings. The number of imidazole rings is 3. The molecule has 4 heterocycles. The van der Waals surface area contributed by atoms with Crippen molar-refractivity contribution in [3.05, 3.63) is 168 Å². The molecule has 1 amide bonds. The number of rotatable bonds is 48. The van der Waals surface area contributed by atoms with Crippen LogP contribution in [0.2, 0.25) is 35.5 Å². The van der Waals surface area contributed by atoms with E-state index >= 15 is 0 Å². The van der Waals surface area contributed by atoms with E-state index in [1.54, 1.807) is 24.0 Å². The number of piperidine rings is 1. The van der Waals surface area contributed by atoms with Crippen LogP contribution in [0.5, 0.6) is 0 Å². The number of nitrogens with zero attached hydrogens (tertiary/aromatic N) is 7. The minimum atomic E-state index is -2.69. The number of amides is 1. The summed E-state index contributed by atoms with van der Waals surface area (Å²) >= 11 is -7.61. The Bertz CT molecular complexity index is 3000. The minimum absolute atomic E-state index is 0. The second kappa shape index (κ2) is 55.0. The van der Waals surface area contributed by atoms with Crippen molar-refractivity contribution in [2.75, 3.05) is 39.8 Å². The first-order valence-electron chi connectivity index (χ1n) is 40.1. The number of benzene rings is 3. The fourth-order valence-corrected chi connectivity index (χ4v) is 61.2. The fraction of sp³-hybridized carbons (Fsp3) is 0.628. The van der Waals surface area contributed by atoms with E-state index in [0.717, 1.165) is 56.9 Å². The molecule has 1 aliphatic heterocycles. The number of aryl methyl sites for hydroxylation is 5. The largest absolute Gasteiger partial charge is 0.358 e. The summed E-state index contributed by atoms with van der Waals surface area (Å²) in [4.78, 5) is 27.7. The number of carbonyl (C=O) groups excluding carboxylic acids is 2.